The molecule has 0 aliphatic carbocycles. The third-order valence-electron chi connectivity index (χ3n) is 2.38. The number of carboxylic acid groups (broad SMARTS) is 1. The molecule has 0 aliphatic heterocycles. The number of pyridine rings is 1. The summed E-state index contributed by atoms with van der Waals surface area (Å²) in [6.45, 7) is 3.86. The number of carbonyl (C=O) groups is 1. The Hall–Kier alpha value is -1.95. The lowest BCUT2D eigenvalue weighted by molar-refractivity contribution is 0.0696. The first kappa shape index (κ1) is 13.5. The fourth-order valence-corrected chi connectivity index (χ4v) is 2.40. The Morgan fingerprint density at radius 1 is 1.26 bits per heavy atom. The van der Waals surface area contributed by atoms with E-state index in [0.29, 0.717) is 10.9 Å². The maximum Gasteiger partial charge on any atom is 0.337 e. The van der Waals surface area contributed by atoms with E-state index in [0.717, 1.165) is 17.1 Å². The number of thioether (sulfide) groups is 1. The minimum atomic E-state index is -0.968. The molecule has 0 amide bonds. The summed E-state index contributed by atoms with van der Waals surface area (Å²) >= 11 is 1.48. The molecular formula is C13H13N3O2S. The van der Waals surface area contributed by atoms with Gasteiger partial charge in [0.25, 0.3) is 0 Å². The quantitative estimate of drug-likeness (QED) is 0.682. The Labute approximate surface area is 115 Å². The standard InChI is InChI=1S/C13H13N3O2S/c1-8-5-9(2)16-13(15-8)19-7-11-4-3-10(6-14-11)12(17)18/h3-6H,7H2,1-2H3,(H,17,18). The lowest BCUT2D eigenvalue weighted by Crippen LogP contribution is -1.98. The monoisotopic (exact) mass is 275 g/mol. The lowest BCUT2D eigenvalue weighted by atomic mass is 10.2. The van der Waals surface area contributed by atoms with Crippen LogP contribution in [0.4, 0.5) is 0 Å². The van der Waals surface area contributed by atoms with E-state index in [4.69, 9.17) is 5.11 Å². The highest BCUT2D eigenvalue weighted by atomic mass is 32.2. The van der Waals surface area contributed by atoms with Gasteiger partial charge in [-0.1, -0.05) is 11.8 Å². The summed E-state index contributed by atoms with van der Waals surface area (Å²) in [4.78, 5) is 23.5. The van der Waals surface area contributed by atoms with Gasteiger partial charge in [0, 0.05) is 23.3 Å². The van der Waals surface area contributed by atoms with Crippen LogP contribution in [-0.2, 0) is 5.75 Å². The molecule has 0 saturated carbocycles. The van der Waals surface area contributed by atoms with Crippen molar-refractivity contribution >= 4 is 17.7 Å². The van der Waals surface area contributed by atoms with Crippen molar-refractivity contribution < 1.29 is 9.90 Å². The molecule has 0 aliphatic rings. The van der Waals surface area contributed by atoms with Crippen molar-refractivity contribution in [2.75, 3.05) is 0 Å². The van der Waals surface area contributed by atoms with Crippen molar-refractivity contribution in [3.63, 3.8) is 0 Å². The van der Waals surface area contributed by atoms with Gasteiger partial charge in [-0.15, -0.1) is 0 Å². The van der Waals surface area contributed by atoms with Gasteiger partial charge in [0.15, 0.2) is 5.16 Å². The summed E-state index contributed by atoms with van der Waals surface area (Å²) in [6, 6.07) is 5.18. The third kappa shape index (κ3) is 3.75. The molecule has 98 valence electrons. The van der Waals surface area contributed by atoms with Crippen molar-refractivity contribution in [2.24, 2.45) is 0 Å². The molecule has 0 fully saturated rings. The van der Waals surface area contributed by atoms with Crippen molar-refractivity contribution in [3.8, 4) is 0 Å². The van der Waals surface area contributed by atoms with Gasteiger partial charge in [0.1, 0.15) is 0 Å². The largest absolute Gasteiger partial charge is 0.478 e. The topological polar surface area (TPSA) is 76.0 Å². The van der Waals surface area contributed by atoms with E-state index in [1.165, 1.54) is 18.0 Å². The molecule has 19 heavy (non-hydrogen) atoms. The molecule has 0 aromatic carbocycles. The van der Waals surface area contributed by atoms with E-state index < -0.39 is 5.97 Å². The second kappa shape index (κ2) is 5.79. The smallest absolute Gasteiger partial charge is 0.337 e. The average Bonchev–Trinajstić information content (AvgIpc) is 2.36. The number of nitrogens with zero attached hydrogens (tertiary/aromatic N) is 3. The molecule has 0 spiro atoms. The van der Waals surface area contributed by atoms with Gasteiger partial charge in [-0.2, -0.15) is 0 Å². The fraction of sp³-hybridized carbons (Fsp3) is 0.231. The summed E-state index contributed by atoms with van der Waals surface area (Å²) in [6.07, 6.45) is 1.36. The van der Waals surface area contributed by atoms with Crippen LogP contribution in [0.3, 0.4) is 0 Å². The van der Waals surface area contributed by atoms with Gasteiger partial charge in [-0.05, 0) is 32.0 Å². The summed E-state index contributed by atoms with van der Waals surface area (Å²) in [5.41, 5.74) is 2.86. The highest BCUT2D eigenvalue weighted by Gasteiger charge is 2.05. The molecule has 6 heteroatoms. The summed E-state index contributed by atoms with van der Waals surface area (Å²) in [5, 5.41) is 9.49. The van der Waals surface area contributed by atoms with Crippen LogP contribution in [0.2, 0.25) is 0 Å². The van der Waals surface area contributed by atoms with Gasteiger partial charge in [-0.25, -0.2) is 14.8 Å². The van der Waals surface area contributed by atoms with Crippen LogP contribution >= 0.6 is 11.8 Å². The van der Waals surface area contributed by atoms with E-state index in [1.807, 2.05) is 19.9 Å². The van der Waals surface area contributed by atoms with Crippen molar-refractivity contribution in [1.82, 2.24) is 15.0 Å². The molecule has 2 heterocycles. The summed E-state index contributed by atoms with van der Waals surface area (Å²) < 4.78 is 0. The highest BCUT2D eigenvalue weighted by Crippen LogP contribution is 2.18. The number of carboxylic acids is 1. The van der Waals surface area contributed by atoms with Crippen LogP contribution in [0, 0.1) is 13.8 Å². The Balaban J connectivity index is 2.03. The SMILES string of the molecule is Cc1cc(C)nc(SCc2ccc(C(=O)O)cn2)n1. The van der Waals surface area contributed by atoms with Crippen LogP contribution in [0.25, 0.3) is 0 Å². The number of hydrogen-bond acceptors (Lipinski definition) is 5. The normalized spacial score (nSPS) is 10.4. The molecule has 0 atom stereocenters. The Morgan fingerprint density at radius 3 is 2.47 bits per heavy atom. The first-order valence-electron chi connectivity index (χ1n) is 5.68. The summed E-state index contributed by atoms with van der Waals surface area (Å²) in [5.74, 6) is -0.354. The maximum atomic E-state index is 10.7. The third-order valence-corrected chi connectivity index (χ3v) is 3.26. The number of rotatable bonds is 4. The highest BCUT2D eigenvalue weighted by molar-refractivity contribution is 7.98. The minimum Gasteiger partial charge on any atom is -0.478 e. The first-order valence-corrected chi connectivity index (χ1v) is 6.66. The number of aromatic nitrogens is 3. The van der Waals surface area contributed by atoms with E-state index in [9.17, 15) is 4.79 Å². The van der Waals surface area contributed by atoms with Crippen LogP contribution < -0.4 is 0 Å². The molecule has 0 unspecified atom stereocenters. The molecule has 1 N–H and O–H groups in total. The molecule has 5 nitrogen and oxygen atoms in total. The van der Waals surface area contributed by atoms with Crippen molar-refractivity contribution in [1.29, 1.82) is 0 Å². The van der Waals surface area contributed by atoms with Crippen molar-refractivity contribution in [2.45, 2.75) is 24.8 Å². The Morgan fingerprint density at radius 2 is 1.95 bits per heavy atom. The van der Waals surface area contributed by atoms with Gasteiger partial charge in [0.05, 0.1) is 11.3 Å². The zero-order valence-electron chi connectivity index (χ0n) is 10.6. The predicted octanol–water partition coefficient (Wildman–Crippen LogP) is 2.48. The predicted molar refractivity (Wildman–Crippen MR) is 72.3 cm³/mol. The Kier molecular flexibility index (Phi) is 4.11. The zero-order valence-corrected chi connectivity index (χ0v) is 11.4. The maximum absolute atomic E-state index is 10.7. The zero-order chi connectivity index (χ0) is 13.8. The second-order valence-corrected chi connectivity index (χ2v) is 5.01. The number of aryl methyl sites for hydroxylation is 2. The van der Waals surface area contributed by atoms with Crippen LogP contribution in [0.5, 0.6) is 0 Å². The lowest BCUT2D eigenvalue weighted by Gasteiger charge is -2.03. The van der Waals surface area contributed by atoms with Gasteiger partial charge in [-0.3, -0.25) is 4.98 Å². The molecule has 0 saturated heterocycles. The second-order valence-electron chi connectivity index (χ2n) is 4.07. The molecular weight excluding hydrogens is 262 g/mol. The number of hydrogen-bond donors (Lipinski definition) is 1. The van der Waals surface area contributed by atoms with E-state index >= 15 is 0 Å². The molecule has 0 radical (unpaired) electrons. The molecule has 0 bridgehead atoms. The van der Waals surface area contributed by atoms with Crippen LogP contribution in [-0.4, -0.2) is 26.0 Å². The van der Waals surface area contributed by atoms with E-state index in [-0.39, 0.29) is 5.56 Å². The van der Waals surface area contributed by atoms with Crippen LogP contribution in [0.1, 0.15) is 27.4 Å². The van der Waals surface area contributed by atoms with Gasteiger partial charge in [0.2, 0.25) is 0 Å². The van der Waals surface area contributed by atoms with E-state index in [2.05, 4.69) is 15.0 Å². The molecule has 2 aromatic heterocycles. The van der Waals surface area contributed by atoms with Gasteiger partial charge >= 0.3 is 5.97 Å². The minimum absolute atomic E-state index is 0.191. The Bertz CT molecular complexity index is 579. The molecule has 2 aromatic rings. The molecule has 2 rings (SSSR count). The average molecular weight is 275 g/mol. The fourth-order valence-electron chi connectivity index (χ4n) is 1.53. The van der Waals surface area contributed by atoms with Crippen LogP contribution in [0.15, 0.2) is 29.6 Å². The van der Waals surface area contributed by atoms with Crippen molar-refractivity contribution in [3.05, 3.63) is 47.0 Å². The number of aromatic carboxylic acids is 1. The summed E-state index contributed by atoms with van der Waals surface area (Å²) in [7, 11) is 0. The van der Waals surface area contributed by atoms with E-state index in [1.54, 1.807) is 12.1 Å². The van der Waals surface area contributed by atoms with Gasteiger partial charge < -0.3 is 5.11 Å². The first-order chi connectivity index (χ1) is 9.04.